The quantitative estimate of drug-likeness (QED) is 0.657. The number of nitrogens with one attached hydrogen (secondary N) is 1. The van der Waals surface area contributed by atoms with Gasteiger partial charge in [0.2, 0.25) is 5.91 Å². The molecule has 0 aromatic rings. The van der Waals surface area contributed by atoms with E-state index < -0.39 is 6.61 Å². The van der Waals surface area contributed by atoms with Gasteiger partial charge in [-0.15, -0.1) is 0 Å². The second-order valence-corrected chi connectivity index (χ2v) is 2.93. The minimum Gasteiger partial charge on any atom is -0.387 e. The second kappa shape index (κ2) is 4.62. The Balaban J connectivity index is 2.64. The summed E-state index contributed by atoms with van der Waals surface area (Å²) in [7, 11) is 0. The van der Waals surface area contributed by atoms with Crippen LogP contribution in [0, 0.1) is 5.92 Å². The van der Waals surface area contributed by atoms with E-state index in [1.807, 2.05) is 31.2 Å². The number of amides is 1. The number of hydrogen-bond donors (Lipinski definition) is 2. The van der Waals surface area contributed by atoms with Crippen molar-refractivity contribution in [3.63, 3.8) is 0 Å². The minimum absolute atomic E-state index is 0.295. The van der Waals surface area contributed by atoms with Gasteiger partial charge in [-0.1, -0.05) is 31.2 Å². The van der Waals surface area contributed by atoms with Gasteiger partial charge in [-0.25, -0.2) is 0 Å². The van der Waals surface area contributed by atoms with Crippen LogP contribution in [0.5, 0.6) is 0 Å². The zero-order valence-electron chi connectivity index (χ0n) is 7.53. The van der Waals surface area contributed by atoms with Gasteiger partial charge in [0.05, 0.1) is 0 Å². The van der Waals surface area contributed by atoms with Crippen molar-refractivity contribution < 1.29 is 9.90 Å². The van der Waals surface area contributed by atoms with Gasteiger partial charge in [0.25, 0.3) is 0 Å². The largest absolute Gasteiger partial charge is 0.387 e. The SMILES string of the molecule is CC1C=CC=CC(NC(=O)CO)=C1. The van der Waals surface area contributed by atoms with Crippen molar-refractivity contribution >= 4 is 5.91 Å². The first-order valence-electron chi connectivity index (χ1n) is 4.20. The van der Waals surface area contributed by atoms with E-state index in [0.29, 0.717) is 5.92 Å². The molecule has 0 heterocycles. The molecule has 0 aromatic carbocycles. The lowest BCUT2D eigenvalue weighted by atomic mass is 10.1. The maximum atomic E-state index is 10.8. The predicted octanol–water partition coefficient (Wildman–Crippen LogP) is 0.741. The molecule has 0 aliphatic heterocycles. The third-order valence-electron chi connectivity index (χ3n) is 1.67. The normalized spacial score (nSPS) is 20.8. The molecule has 0 aromatic heterocycles. The fraction of sp³-hybridized carbons (Fsp3) is 0.300. The van der Waals surface area contributed by atoms with E-state index in [9.17, 15) is 4.79 Å². The third-order valence-corrected chi connectivity index (χ3v) is 1.67. The van der Waals surface area contributed by atoms with Gasteiger partial charge in [0.15, 0.2) is 0 Å². The summed E-state index contributed by atoms with van der Waals surface area (Å²) in [6, 6.07) is 0. The van der Waals surface area contributed by atoms with Gasteiger partial charge < -0.3 is 10.4 Å². The second-order valence-electron chi connectivity index (χ2n) is 2.93. The number of aliphatic hydroxyl groups is 1. The topological polar surface area (TPSA) is 49.3 Å². The predicted molar refractivity (Wildman–Crippen MR) is 50.8 cm³/mol. The zero-order chi connectivity index (χ0) is 9.68. The first kappa shape index (κ1) is 9.74. The van der Waals surface area contributed by atoms with Gasteiger partial charge >= 0.3 is 0 Å². The molecule has 3 heteroatoms. The fourth-order valence-corrected chi connectivity index (χ4v) is 1.08. The van der Waals surface area contributed by atoms with Crippen molar-refractivity contribution in [2.75, 3.05) is 6.61 Å². The number of rotatable bonds is 2. The van der Waals surface area contributed by atoms with E-state index in [4.69, 9.17) is 5.11 Å². The van der Waals surface area contributed by atoms with Gasteiger partial charge in [-0.3, -0.25) is 4.79 Å². The molecule has 0 bridgehead atoms. The van der Waals surface area contributed by atoms with Crippen LogP contribution in [-0.4, -0.2) is 17.6 Å². The lowest BCUT2D eigenvalue weighted by Gasteiger charge is -2.04. The van der Waals surface area contributed by atoms with Crippen LogP contribution >= 0.6 is 0 Å². The Kier molecular flexibility index (Phi) is 3.46. The smallest absolute Gasteiger partial charge is 0.250 e. The average molecular weight is 179 g/mol. The molecule has 0 radical (unpaired) electrons. The molecular weight excluding hydrogens is 166 g/mol. The fourth-order valence-electron chi connectivity index (χ4n) is 1.08. The number of hydrogen-bond acceptors (Lipinski definition) is 2. The Morgan fingerprint density at radius 1 is 1.62 bits per heavy atom. The minimum atomic E-state index is -0.479. The molecule has 1 atom stereocenters. The third kappa shape index (κ3) is 3.25. The highest BCUT2D eigenvalue weighted by Crippen LogP contribution is 2.08. The van der Waals surface area contributed by atoms with Gasteiger partial charge in [0.1, 0.15) is 6.61 Å². The monoisotopic (exact) mass is 179 g/mol. The molecule has 1 amide bonds. The van der Waals surface area contributed by atoms with Crippen molar-refractivity contribution in [2.24, 2.45) is 5.92 Å². The molecule has 70 valence electrons. The van der Waals surface area contributed by atoms with E-state index in [-0.39, 0.29) is 5.91 Å². The van der Waals surface area contributed by atoms with Crippen LogP contribution in [0.15, 0.2) is 36.1 Å². The Bertz CT molecular complexity index is 277. The molecule has 0 saturated heterocycles. The van der Waals surface area contributed by atoms with Crippen molar-refractivity contribution in [1.29, 1.82) is 0 Å². The van der Waals surface area contributed by atoms with E-state index in [1.165, 1.54) is 0 Å². The van der Waals surface area contributed by atoms with Crippen molar-refractivity contribution in [3.8, 4) is 0 Å². The van der Waals surface area contributed by atoms with Crippen molar-refractivity contribution in [3.05, 3.63) is 36.1 Å². The van der Waals surface area contributed by atoms with Crippen molar-refractivity contribution in [1.82, 2.24) is 5.32 Å². The van der Waals surface area contributed by atoms with E-state index >= 15 is 0 Å². The van der Waals surface area contributed by atoms with E-state index in [1.54, 1.807) is 6.08 Å². The summed E-state index contributed by atoms with van der Waals surface area (Å²) in [5.74, 6) is -0.0889. The van der Waals surface area contributed by atoms with E-state index in [2.05, 4.69) is 5.32 Å². The summed E-state index contributed by atoms with van der Waals surface area (Å²) in [6.45, 7) is 1.54. The Morgan fingerprint density at radius 2 is 2.38 bits per heavy atom. The molecule has 13 heavy (non-hydrogen) atoms. The number of carbonyl (C=O) groups excluding carboxylic acids is 1. The molecule has 0 spiro atoms. The lowest BCUT2D eigenvalue weighted by molar-refractivity contribution is -0.123. The Hall–Kier alpha value is -1.35. The highest BCUT2D eigenvalue weighted by molar-refractivity contribution is 5.79. The highest BCUT2D eigenvalue weighted by atomic mass is 16.3. The summed E-state index contributed by atoms with van der Waals surface area (Å²) in [6.07, 6.45) is 9.53. The van der Waals surface area contributed by atoms with Gasteiger partial charge in [0, 0.05) is 5.70 Å². The molecule has 1 unspecified atom stereocenters. The lowest BCUT2D eigenvalue weighted by Crippen LogP contribution is -2.24. The van der Waals surface area contributed by atoms with Crippen LogP contribution in [0.1, 0.15) is 6.92 Å². The van der Waals surface area contributed by atoms with Crippen LogP contribution in [0.3, 0.4) is 0 Å². The molecule has 1 aliphatic rings. The molecule has 0 fully saturated rings. The van der Waals surface area contributed by atoms with Gasteiger partial charge in [-0.05, 0) is 12.0 Å². The van der Waals surface area contributed by atoms with Crippen molar-refractivity contribution in [2.45, 2.75) is 6.92 Å². The first-order chi connectivity index (χ1) is 6.22. The van der Waals surface area contributed by atoms with Crippen LogP contribution in [0.4, 0.5) is 0 Å². The number of carbonyl (C=O) groups is 1. The number of allylic oxidation sites excluding steroid dienone is 5. The molecule has 1 aliphatic carbocycles. The van der Waals surface area contributed by atoms with Crippen LogP contribution in [0.25, 0.3) is 0 Å². The highest BCUT2D eigenvalue weighted by Gasteiger charge is 2.02. The molecular formula is C10H13NO2. The Morgan fingerprint density at radius 3 is 3.08 bits per heavy atom. The maximum absolute atomic E-state index is 10.8. The summed E-state index contributed by atoms with van der Waals surface area (Å²) < 4.78 is 0. The van der Waals surface area contributed by atoms with Crippen LogP contribution in [-0.2, 0) is 4.79 Å². The Labute approximate surface area is 77.5 Å². The van der Waals surface area contributed by atoms with Crippen LogP contribution in [0.2, 0.25) is 0 Å². The molecule has 0 saturated carbocycles. The summed E-state index contributed by atoms with van der Waals surface area (Å²) >= 11 is 0. The average Bonchev–Trinajstić information content (AvgIpc) is 2.30. The maximum Gasteiger partial charge on any atom is 0.250 e. The summed E-state index contributed by atoms with van der Waals surface area (Å²) in [4.78, 5) is 10.8. The van der Waals surface area contributed by atoms with Crippen LogP contribution < -0.4 is 5.32 Å². The molecule has 2 N–H and O–H groups in total. The molecule has 3 nitrogen and oxygen atoms in total. The zero-order valence-corrected chi connectivity index (χ0v) is 7.53. The summed E-state index contributed by atoms with van der Waals surface area (Å²) in [5, 5.41) is 11.1. The van der Waals surface area contributed by atoms with E-state index in [0.717, 1.165) is 5.70 Å². The molecule has 1 rings (SSSR count). The summed E-state index contributed by atoms with van der Waals surface area (Å²) in [5.41, 5.74) is 0.733. The number of aliphatic hydroxyl groups excluding tert-OH is 1. The van der Waals surface area contributed by atoms with Gasteiger partial charge in [-0.2, -0.15) is 0 Å². The first-order valence-corrected chi connectivity index (χ1v) is 4.20. The standard InChI is InChI=1S/C10H13NO2/c1-8-4-2-3-5-9(6-8)11-10(13)7-12/h2-6,8,12H,7H2,1H3,(H,11,13).